The van der Waals surface area contributed by atoms with E-state index in [0.717, 1.165) is 29.1 Å². The molecule has 18 heavy (non-hydrogen) atoms. The number of benzene rings is 1. The molecule has 3 rings (SSSR count). The van der Waals surface area contributed by atoms with Crippen LogP contribution in [-0.4, -0.2) is 21.5 Å². The summed E-state index contributed by atoms with van der Waals surface area (Å²) in [7, 11) is 0. The first-order valence-electron chi connectivity index (χ1n) is 6.10. The van der Waals surface area contributed by atoms with E-state index >= 15 is 0 Å². The molecule has 1 aromatic carbocycles. The number of hydrogen-bond donors (Lipinski definition) is 3. The van der Waals surface area contributed by atoms with E-state index in [2.05, 4.69) is 46.1 Å². The van der Waals surface area contributed by atoms with E-state index in [0.29, 0.717) is 6.54 Å². The number of rotatable bonds is 3. The molecule has 2 aromatic heterocycles. The van der Waals surface area contributed by atoms with Gasteiger partial charge in [-0.3, -0.25) is 0 Å². The molecule has 0 saturated heterocycles. The first-order valence-corrected chi connectivity index (χ1v) is 6.10. The number of fused-ring (bicyclic) bond motifs is 1. The lowest BCUT2D eigenvalue weighted by Gasteiger charge is -1.92. The van der Waals surface area contributed by atoms with Gasteiger partial charge in [-0.25, -0.2) is 4.98 Å². The predicted octanol–water partition coefficient (Wildman–Crippen LogP) is 2.37. The standard InChI is InChI=1S/C14H16N4/c1-9-3-2-4-11-10(9)7-12(17-11)13-8-16-14(18-13)5-6-15/h2-4,7-8,17H,5-6,15H2,1H3,(H,16,18). The average molecular weight is 240 g/mol. The summed E-state index contributed by atoms with van der Waals surface area (Å²) in [5.41, 5.74) is 10.0. The quantitative estimate of drug-likeness (QED) is 0.657. The van der Waals surface area contributed by atoms with E-state index in [9.17, 15) is 0 Å². The molecule has 4 N–H and O–H groups in total. The van der Waals surface area contributed by atoms with Crippen molar-refractivity contribution in [1.82, 2.24) is 15.0 Å². The highest BCUT2D eigenvalue weighted by molar-refractivity contribution is 5.87. The Bertz CT molecular complexity index is 678. The number of aromatic nitrogens is 3. The number of aryl methyl sites for hydroxylation is 1. The predicted molar refractivity (Wildman–Crippen MR) is 73.4 cm³/mol. The van der Waals surface area contributed by atoms with Crippen LogP contribution in [0.2, 0.25) is 0 Å². The van der Waals surface area contributed by atoms with Crippen molar-refractivity contribution in [2.75, 3.05) is 6.54 Å². The second-order valence-corrected chi connectivity index (χ2v) is 4.50. The Morgan fingerprint density at radius 2 is 2.11 bits per heavy atom. The van der Waals surface area contributed by atoms with Gasteiger partial charge in [0.05, 0.1) is 17.6 Å². The SMILES string of the molecule is Cc1cccc2[nH]c(-c3cnc(CCN)[nH]3)cc12. The maximum Gasteiger partial charge on any atom is 0.107 e. The second kappa shape index (κ2) is 4.31. The molecular weight excluding hydrogens is 224 g/mol. The molecule has 92 valence electrons. The highest BCUT2D eigenvalue weighted by atomic mass is 14.9. The van der Waals surface area contributed by atoms with Crippen LogP contribution < -0.4 is 5.73 Å². The van der Waals surface area contributed by atoms with E-state index in [1.807, 2.05) is 6.20 Å². The Hall–Kier alpha value is -2.07. The van der Waals surface area contributed by atoms with E-state index in [1.54, 1.807) is 0 Å². The van der Waals surface area contributed by atoms with Gasteiger partial charge in [-0.2, -0.15) is 0 Å². The van der Waals surface area contributed by atoms with Crippen LogP contribution in [0.25, 0.3) is 22.3 Å². The largest absolute Gasteiger partial charge is 0.353 e. The number of nitrogens with two attached hydrogens (primary N) is 1. The van der Waals surface area contributed by atoms with Crippen molar-refractivity contribution in [3.05, 3.63) is 41.9 Å². The molecule has 2 heterocycles. The summed E-state index contributed by atoms with van der Waals surface area (Å²) in [4.78, 5) is 11.0. The van der Waals surface area contributed by atoms with Gasteiger partial charge < -0.3 is 15.7 Å². The van der Waals surface area contributed by atoms with E-state index in [4.69, 9.17) is 5.73 Å². The van der Waals surface area contributed by atoms with Crippen LogP contribution in [0, 0.1) is 6.92 Å². The van der Waals surface area contributed by atoms with Gasteiger partial charge in [0.1, 0.15) is 5.82 Å². The lowest BCUT2D eigenvalue weighted by atomic mass is 10.1. The molecule has 0 aliphatic heterocycles. The van der Waals surface area contributed by atoms with Gasteiger partial charge in [0.15, 0.2) is 0 Å². The van der Waals surface area contributed by atoms with Crippen LogP contribution in [0.3, 0.4) is 0 Å². The Kier molecular flexibility index (Phi) is 2.64. The number of nitrogens with one attached hydrogen (secondary N) is 2. The minimum atomic E-state index is 0.610. The van der Waals surface area contributed by atoms with Crippen LogP contribution in [0.4, 0.5) is 0 Å². The summed E-state index contributed by atoms with van der Waals surface area (Å²) >= 11 is 0. The van der Waals surface area contributed by atoms with Gasteiger partial charge in [0, 0.05) is 17.3 Å². The molecule has 0 saturated carbocycles. The van der Waals surface area contributed by atoms with Gasteiger partial charge in [-0.05, 0) is 31.2 Å². The molecule has 4 nitrogen and oxygen atoms in total. The van der Waals surface area contributed by atoms with E-state index in [1.165, 1.54) is 10.9 Å². The first-order chi connectivity index (χ1) is 8.78. The number of hydrogen-bond acceptors (Lipinski definition) is 2. The molecule has 0 aliphatic carbocycles. The summed E-state index contributed by atoms with van der Waals surface area (Å²) in [6, 6.07) is 8.42. The van der Waals surface area contributed by atoms with E-state index in [-0.39, 0.29) is 0 Å². The maximum atomic E-state index is 5.52. The van der Waals surface area contributed by atoms with Crippen molar-refractivity contribution in [2.45, 2.75) is 13.3 Å². The van der Waals surface area contributed by atoms with Crippen molar-refractivity contribution in [3.63, 3.8) is 0 Å². The number of aromatic amines is 2. The van der Waals surface area contributed by atoms with Gasteiger partial charge in [0.2, 0.25) is 0 Å². The summed E-state index contributed by atoms with van der Waals surface area (Å²) < 4.78 is 0. The minimum Gasteiger partial charge on any atom is -0.353 e. The molecule has 4 heteroatoms. The maximum absolute atomic E-state index is 5.52. The van der Waals surface area contributed by atoms with Crippen LogP contribution in [0.15, 0.2) is 30.5 Å². The zero-order valence-corrected chi connectivity index (χ0v) is 10.3. The van der Waals surface area contributed by atoms with Crippen molar-refractivity contribution in [2.24, 2.45) is 5.73 Å². The highest BCUT2D eigenvalue weighted by Gasteiger charge is 2.07. The third kappa shape index (κ3) is 1.80. The molecule has 0 unspecified atom stereocenters. The monoisotopic (exact) mass is 240 g/mol. The number of H-pyrrole nitrogens is 2. The molecule has 0 amide bonds. The van der Waals surface area contributed by atoms with E-state index < -0.39 is 0 Å². The normalized spacial score (nSPS) is 11.2. The van der Waals surface area contributed by atoms with Crippen molar-refractivity contribution in [1.29, 1.82) is 0 Å². The van der Waals surface area contributed by atoms with Gasteiger partial charge in [0.25, 0.3) is 0 Å². The lowest BCUT2D eigenvalue weighted by molar-refractivity contribution is 0.895. The second-order valence-electron chi connectivity index (χ2n) is 4.50. The van der Waals surface area contributed by atoms with Gasteiger partial charge >= 0.3 is 0 Å². The van der Waals surface area contributed by atoms with Gasteiger partial charge in [-0.1, -0.05) is 12.1 Å². The Morgan fingerprint density at radius 1 is 1.22 bits per heavy atom. The molecule has 0 atom stereocenters. The molecule has 0 bridgehead atoms. The van der Waals surface area contributed by atoms with Crippen LogP contribution in [0.5, 0.6) is 0 Å². The third-order valence-corrected chi connectivity index (χ3v) is 3.18. The minimum absolute atomic E-state index is 0.610. The lowest BCUT2D eigenvalue weighted by Crippen LogP contribution is -2.03. The molecule has 3 aromatic rings. The fraction of sp³-hybridized carbons (Fsp3) is 0.214. The Balaban J connectivity index is 2.05. The molecule has 0 radical (unpaired) electrons. The fourth-order valence-corrected chi connectivity index (χ4v) is 2.21. The Labute approximate surface area is 105 Å². The number of imidazole rings is 1. The molecular formula is C14H16N4. The van der Waals surface area contributed by atoms with Crippen LogP contribution in [0.1, 0.15) is 11.4 Å². The summed E-state index contributed by atoms with van der Waals surface area (Å²) in [5.74, 6) is 0.933. The fourth-order valence-electron chi connectivity index (χ4n) is 2.21. The summed E-state index contributed by atoms with van der Waals surface area (Å²) in [5, 5.41) is 1.25. The van der Waals surface area contributed by atoms with Crippen molar-refractivity contribution >= 4 is 10.9 Å². The van der Waals surface area contributed by atoms with Crippen LogP contribution >= 0.6 is 0 Å². The average Bonchev–Trinajstić information content (AvgIpc) is 2.96. The molecule has 0 spiro atoms. The molecule has 0 aliphatic rings. The van der Waals surface area contributed by atoms with Crippen molar-refractivity contribution < 1.29 is 0 Å². The highest BCUT2D eigenvalue weighted by Crippen LogP contribution is 2.25. The topological polar surface area (TPSA) is 70.5 Å². The zero-order valence-electron chi connectivity index (χ0n) is 10.3. The van der Waals surface area contributed by atoms with Crippen LogP contribution in [-0.2, 0) is 6.42 Å². The van der Waals surface area contributed by atoms with Crippen molar-refractivity contribution in [3.8, 4) is 11.4 Å². The summed E-state index contributed by atoms with van der Waals surface area (Å²) in [6.45, 7) is 2.73. The summed E-state index contributed by atoms with van der Waals surface area (Å²) in [6.07, 6.45) is 2.63. The molecule has 0 fully saturated rings. The van der Waals surface area contributed by atoms with Gasteiger partial charge in [-0.15, -0.1) is 0 Å². The third-order valence-electron chi connectivity index (χ3n) is 3.18. The number of nitrogens with zero attached hydrogens (tertiary/aromatic N) is 1. The smallest absolute Gasteiger partial charge is 0.107 e. The Morgan fingerprint density at radius 3 is 2.89 bits per heavy atom. The first kappa shape index (κ1) is 11.0. The zero-order chi connectivity index (χ0) is 12.5.